The Morgan fingerprint density at radius 2 is 1.94 bits per heavy atom. The summed E-state index contributed by atoms with van der Waals surface area (Å²) in [5.41, 5.74) is 1.94. The number of hydrogen-bond acceptors (Lipinski definition) is 3. The Hall–Kier alpha value is -1.36. The minimum Gasteiger partial charge on any atom is -0.206 e. The molecule has 0 fully saturated rings. The number of sulfonamides is 1. The summed E-state index contributed by atoms with van der Waals surface area (Å²) in [6.45, 7) is 1.95. The highest BCUT2D eigenvalue weighted by molar-refractivity contribution is 7.88. The van der Waals surface area contributed by atoms with Gasteiger partial charge in [0.1, 0.15) is 0 Å². The SMILES string of the molecule is CCC(Cc1ccccc1)=NNS(C)(=O)=O. The van der Waals surface area contributed by atoms with Crippen LogP contribution in [0.1, 0.15) is 18.9 Å². The normalized spacial score (nSPS) is 12.5. The lowest BCUT2D eigenvalue weighted by molar-refractivity contribution is 0.590. The molecule has 0 amide bonds. The Bertz CT molecular complexity index is 452. The van der Waals surface area contributed by atoms with Gasteiger partial charge in [-0.05, 0) is 12.0 Å². The summed E-state index contributed by atoms with van der Waals surface area (Å²) in [5.74, 6) is 0. The van der Waals surface area contributed by atoms with Crippen molar-refractivity contribution >= 4 is 15.7 Å². The lowest BCUT2D eigenvalue weighted by Crippen LogP contribution is -2.18. The Kier molecular flexibility index (Phi) is 4.49. The maximum Gasteiger partial charge on any atom is 0.244 e. The van der Waals surface area contributed by atoms with Crippen LogP contribution >= 0.6 is 0 Å². The molecular weight excluding hydrogens is 224 g/mol. The van der Waals surface area contributed by atoms with Crippen LogP contribution in [0.5, 0.6) is 0 Å². The van der Waals surface area contributed by atoms with E-state index in [1.165, 1.54) is 0 Å². The smallest absolute Gasteiger partial charge is 0.206 e. The van der Waals surface area contributed by atoms with Crippen molar-refractivity contribution in [2.45, 2.75) is 19.8 Å². The molecule has 0 aliphatic carbocycles. The topological polar surface area (TPSA) is 58.5 Å². The molecule has 1 N–H and O–H groups in total. The molecule has 0 saturated carbocycles. The lowest BCUT2D eigenvalue weighted by Gasteiger charge is -2.04. The van der Waals surface area contributed by atoms with E-state index in [-0.39, 0.29) is 0 Å². The summed E-state index contributed by atoms with van der Waals surface area (Å²) < 4.78 is 21.8. The van der Waals surface area contributed by atoms with E-state index in [0.717, 1.165) is 24.0 Å². The first kappa shape index (κ1) is 12.7. The monoisotopic (exact) mass is 240 g/mol. The van der Waals surface area contributed by atoms with Gasteiger partial charge in [0.2, 0.25) is 10.0 Å². The van der Waals surface area contributed by atoms with Gasteiger partial charge >= 0.3 is 0 Å². The largest absolute Gasteiger partial charge is 0.244 e. The maximum atomic E-state index is 10.9. The van der Waals surface area contributed by atoms with E-state index in [1.807, 2.05) is 37.3 Å². The summed E-state index contributed by atoms with van der Waals surface area (Å²) in [6, 6.07) is 9.83. The van der Waals surface area contributed by atoms with Crippen LogP contribution in [0.2, 0.25) is 0 Å². The molecule has 0 aromatic heterocycles. The molecule has 1 rings (SSSR count). The van der Waals surface area contributed by atoms with E-state index in [0.29, 0.717) is 6.42 Å². The van der Waals surface area contributed by atoms with Gasteiger partial charge in [0.15, 0.2) is 0 Å². The van der Waals surface area contributed by atoms with Crippen LogP contribution in [-0.2, 0) is 16.4 Å². The average molecular weight is 240 g/mol. The molecule has 5 heteroatoms. The summed E-state index contributed by atoms with van der Waals surface area (Å²) in [4.78, 5) is 2.15. The molecule has 16 heavy (non-hydrogen) atoms. The van der Waals surface area contributed by atoms with Gasteiger partial charge in [0.25, 0.3) is 0 Å². The fraction of sp³-hybridized carbons (Fsp3) is 0.364. The fourth-order valence-corrected chi connectivity index (χ4v) is 1.52. The predicted molar refractivity (Wildman–Crippen MR) is 65.9 cm³/mol. The van der Waals surface area contributed by atoms with Crippen LogP contribution in [0.4, 0.5) is 0 Å². The molecule has 0 saturated heterocycles. The van der Waals surface area contributed by atoms with Gasteiger partial charge < -0.3 is 0 Å². The van der Waals surface area contributed by atoms with Crippen LogP contribution in [0.15, 0.2) is 35.4 Å². The molecule has 0 radical (unpaired) electrons. The molecule has 4 nitrogen and oxygen atoms in total. The van der Waals surface area contributed by atoms with Crippen molar-refractivity contribution in [2.24, 2.45) is 5.10 Å². The first-order chi connectivity index (χ1) is 7.51. The number of rotatable bonds is 5. The van der Waals surface area contributed by atoms with Crippen LogP contribution in [0, 0.1) is 0 Å². The second-order valence-corrected chi connectivity index (χ2v) is 5.28. The number of hydrogen-bond donors (Lipinski definition) is 1. The molecule has 0 aliphatic rings. The Labute approximate surface area is 96.4 Å². The highest BCUT2D eigenvalue weighted by Gasteiger charge is 2.01. The van der Waals surface area contributed by atoms with Gasteiger partial charge in [-0.2, -0.15) is 5.10 Å². The van der Waals surface area contributed by atoms with Gasteiger partial charge in [0.05, 0.1) is 6.26 Å². The Morgan fingerprint density at radius 3 is 2.44 bits per heavy atom. The van der Waals surface area contributed by atoms with Crippen molar-refractivity contribution < 1.29 is 8.42 Å². The van der Waals surface area contributed by atoms with E-state index in [2.05, 4.69) is 9.93 Å². The van der Waals surface area contributed by atoms with Gasteiger partial charge in [-0.15, -0.1) is 0 Å². The van der Waals surface area contributed by atoms with E-state index in [4.69, 9.17) is 0 Å². The van der Waals surface area contributed by atoms with Crippen molar-refractivity contribution in [1.82, 2.24) is 4.83 Å². The number of benzene rings is 1. The predicted octanol–water partition coefficient (Wildman–Crippen LogP) is 1.54. The van der Waals surface area contributed by atoms with Gasteiger partial charge in [-0.25, -0.2) is 13.2 Å². The third kappa shape index (κ3) is 4.93. The summed E-state index contributed by atoms with van der Waals surface area (Å²) in [6.07, 6.45) is 2.48. The molecule has 0 spiro atoms. The van der Waals surface area contributed by atoms with E-state index >= 15 is 0 Å². The van der Waals surface area contributed by atoms with Crippen molar-refractivity contribution in [3.63, 3.8) is 0 Å². The number of nitrogens with zero attached hydrogens (tertiary/aromatic N) is 1. The molecule has 0 aliphatic heterocycles. The van der Waals surface area contributed by atoms with Gasteiger partial charge in [-0.1, -0.05) is 37.3 Å². The lowest BCUT2D eigenvalue weighted by atomic mass is 10.1. The highest BCUT2D eigenvalue weighted by Crippen LogP contribution is 2.02. The fourth-order valence-electron chi connectivity index (χ4n) is 1.22. The van der Waals surface area contributed by atoms with Crippen molar-refractivity contribution in [3.05, 3.63) is 35.9 Å². The van der Waals surface area contributed by atoms with E-state index < -0.39 is 10.0 Å². The molecule has 0 unspecified atom stereocenters. The quantitative estimate of drug-likeness (QED) is 0.627. The molecule has 0 bridgehead atoms. The van der Waals surface area contributed by atoms with Crippen LogP contribution in [0.3, 0.4) is 0 Å². The van der Waals surface area contributed by atoms with Crippen LogP contribution < -0.4 is 4.83 Å². The van der Waals surface area contributed by atoms with Crippen LogP contribution in [-0.4, -0.2) is 20.4 Å². The third-order valence-electron chi connectivity index (χ3n) is 2.03. The maximum absolute atomic E-state index is 10.9. The highest BCUT2D eigenvalue weighted by atomic mass is 32.2. The Balaban J connectivity index is 2.70. The van der Waals surface area contributed by atoms with E-state index in [9.17, 15) is 8.42 Å². The molecule has 88 valence electrons. The van der Waals surface area contributed by atoms with Crippen molar-refractivity contribution in [2.75, 3.05) is 6.26 Å². The zero-order valence-electron chi connectivity index (χ0n) is 9.47. The second kappa shape index (κ2) is 5.65. The first-order valence-corrected chi connectivity index (χ1v) is 6.96. The van der Waals surface area contributed by atoms with Crippen molar-refractivity contribution in [3.8, 4) is 0 Å². The summed E-state index contributed by atoms with van der Waals surface area (Å²) in [7, 11) is -3.26. The Morgan fingerprint density at radius 1 is 1.31 bits per heavy atom. The second-order valence-electron chi connectivity index (χ2n) is 3.56. The van der Waals surface area contributed by atoms with Crippen molar-refractivity contribution in [1.29, 1.82) is 0 Å². The molecule has 1 aromatic rings. The third-order valence-corrected chi connectivity index (χ3v) is 2.45. The molecule has 0 atom stereocenters. The summed E-state index contributed by atoms with van der Waals surface area (Å²) >= 11 is 0. The number of nitrogens with one attached hydrogen (secondary N) is 1. The minimum absolute atomic E-state index is 0.667. The zero-order chi connectivity index (χ0) is 12.0. The first-order valence-electron chi connectivity index (χ1n) is 5.07. The standard InChI is InChI=1S/C11H16N2O2S/c1-3-11(12-13-16(2,14)15)9-10-7-5-4-6-8-10/h4-8,13H,3,9H2,1-2H3. The molecule has 1 aromatic carbocycles. The number of hydrazone groups is 1. The van der Waals surface area contributed by atoms with Crippen LogP contribution in [0.25, 0.3) is 0 Å². The molecular formula is C11H16N2O2S. The zero-order valence-corrected chi connectivity index (χ0v) is 10.3. The average Bonchev–Trinajstić information content (AvgIpc) is 2.24. The van der Waals surface area contributed by atoms with Gasteiger partial charge in [-0.3, -0.25) is 0 Å². The molecule has 0 heterocycles. The minimum atomic E-state index is -3.26. The summed E-state index contributed by atoms with van der Waals surface area (Å²) in [5, 5.41) is 3.89. The van der Waals surface area contributed by atoms with E-state index in [1.54, 1.807) is 0 Å². The van der Waals surface area contributed by atoms with Gasteiger partial charge in [0, 0.05) is 12.1 Å².